The zero-order chi connectivity index (χ0) is 18.3. The first-order valence-electron chi connectivity index (χ1n) is 7.49. The molecule has 1 aromatic carbocycles. The lowest BCUT2D eigenvalue weighted by atomic mass is 10.1. The molecule has 8 heteroatoms. The van der Waals surface area contributed by atoms with Gasteiger partial charge in [0.2, 0.25) is 11.8 Å². The molecule has 1 heterocycles. The van der Waals surface area contributed by atoms with Gasteiger partial charge in [-0.1, -0.05) is 24.3 Å². The number of amides is 1. The molecule has 0 fully saturated rings. The number of hydrogen-bond donors (Lipinski definition) is 1. The number of carbonyl (C=O) groups excluding carboxylic acids is 1. The molecule has 0 bridgehead atoms. The van der Waals surface area contributed by atoms with Crippen LogP contribution in [0.2, 0.25) is 0 Å². The zero-order valence-corrected chi connectivity index (χ0v) is 13.1. The lowest BCUT2D eigenvalue weighted by molar-refractivity contribution is -0.154. The van der Waals surface area contributed by atoms with Crippen molar-refractivity contribution >= 4 is 5.91 Å². The SMILES string of the molecule is O=C(CCc1ccccc1F)NCc1cccnc1OCC(F)(F)F. The number of halogens is 4. The molecule has 0 saturated heterocycles. The van der Waals surface area contributed by atoms with Crippen LogP contribution in [-0.4, -0.2) is 23.7 Å². The fourth-order valence-corrected chi connectivity index (χ4v) is 2.07. The third kappa shape index (κ3) is 6.40. The van der Waals surface area contributed by atoms with Crippen LogP contribution >= 0.6 is 0 Å². The zero-order valence-electron chi connectivity index (χ0n) is 13.1. The second-order valence-corrected chi connectivity index (χ2v) is 5.24. The van der Waals surface area contributed by atoms with Crippen LogP contribution in [0.15, 0.2) is 42.6 Å². The van der Waals surface area contributed by atoms with Gasteiger partial charge in [0.1, 0.15) is 5.82 Å². The number of hydrogen-bond acceptors (Lipinski definition) is 3. The highest BCUT2D eigenvalue weighted by atomic mass is 19.4. The number of aryl methyl sites for hydroxylation is 1. The molecule has 1 aromatic heterocycles. The molecule has 0 atom stereocenters. The van der Waals surface area contributed by atoms with Crippen molar-refractivity contribution in [1.82, 2.24) is 10.3 Å². The Balaban J connectivity index is 1.86. The molecule has 0 saturated carbocycles. The van der Waals surface area contributed by atoms with Crippen LogP contribution in [0.25, 0.3) is 0 Å². The van der Waals surface area contributed by atoms with Crippen LogP contribution in [-0.2, 0) is 17.8 Å². The lowest BCUT2D eigenvalue weighted by Gasteiger charge is -2.12. The van der Waals surface area contributed by atoms with E-state index in [1.54, 1.807) is 18.2 Å². The van der Waals surface area contributed by atoms with Crippen molar-refractivity contribution in [2.24, 2.45) is 0 Å². The van der Waals surface area contributed by atoms with E-state index in [0.29, 0.717) is 11.1 Å². The van der Waals surface area contributed by atoms with Crippen molar-refractivity contribution in [2.45, 2.75) is 25.6 Å². The quantitative estimate of drug-likeness (QED) is 0.774. The number of carbonyl (C=O) groups is 1. The monoisotopic (exact) mass is 356 g/mol. The van der Waals surface area contributed by atoms with Crippen molar-refractivity contribution in [3.8, 4) is 5.88 Å². The van der Waals surface area contributed by atoms with Crippen molar-refractivity contribution in [3.63, 3.8) is 0 Å². The van der Waals surface area contributed by atoms with Crippen LogP contribution in [0.5, 0.6) is 5.88 Å². The maximum Gasteiger partial charge on any atom is 0.422 e. The molecule has 2 aromatic rings. The number of nitrogens with one attached hydrogen (secondary N) is 1. The third-order valence-corrected chi connectivity index (χ3v) is 3.28. The average molecular weight is 356 g/mol. The van der Waals surface area contributed by atoms with Gasteiger partial charge in [-0.3, -0.25) is 4.79 Å². The number of pyridine rings is 1. The Kier molecular flexibility index (Phi) is 6.32. The van der Waals surface area contributed by atoms with Gasteiger partial charge in [-0.15, -0.1) is 0 Å². The molecular formula is C17H16F4N2O2. The number of alkyl halides is 3. The Morgan fingerprint density at radius 3 is 2.56 bits per heavy atom. The summed E-state index contributed by atoms with van der Waals surface area (Å²) in [5, 5.41) is 2.56. The second kappa shape index (κ2) is 8.46. The summed E-state index contributed by atoms with van der Waals surface area (Å²) in [5.41, 5.74) is 0.749. The molecule has 25 heavy (non-hydrogen) atoms. The highest BCUT2D eigenvalue weighted by Gasteiger charge is 2.29. The molecule has 0 unspecified atom stereocenters. The minimum Gasteiger partial charge on any atom is -0.468 e. The topological polar surface area (TPSA) is 51.2 Å². The first-order chi connectivity index (χ1) is 11.8. The highest BCUT2D eigenvalue weighted by Crippen LogP contribution is 2.20. The lowest BCUT2D eigenvalue weighted by Crippen LogP contribution is -2.24. The Labute approximate surface area is 141 Å². The molecule has 134 valence electrons. The van der Waals surface area contributed by atoms with Gasteiger partial charge in [0.15, 0.2) is 6.61 Å². The minimum atomic E-state index is -4.47. The maximum atomic E-state index is 13.5. The van der Waals surface area contributed by atoms with Gasteiger partial charge in [0, 0.05) is 24.7 Å². The Hall–Kier alpha value is -2.64. The molecular weight excluding hydrogens is 340 g/mol. The molecule has 0 aliphatic heterocycles. The average Bonchev–Trinajstić information content (AvgIpc) is 2.57. The number of nitrogens with zero attached hydrogens (tertiary/aromatic N) is 1. The van der Waals surface area contributed by atoms with Crippen molar-refractivity contribution in [1.29, 1.82) is 0 Å². The molecule has 1 amide bonds. The van der Waals surface area contributed by atoms with Crippen LogP contribution in [0.4, 0.5) is 17.6 Å². The first-order valence-corrected chi connectivity index (χ1v) is 7.49. The van der Waals surface area contributed by atoms with Gasteiger partial charge in [0.25, 0.3) is 0 Å². The minimum absolute atomic E-state index is 0.0306. The summed E-state index contributed by atoms with van der Waals surface area (Å²) in [6.07, 6.45) is -2.89. The van der Waals surface area contributed by atoms with E-state index in [0.717, 1.165) is 0 Å². The standard InChI is InChI=1S/C17H16F4N2O2/c18-14-6-2-1-4-12(14)7-8-15(24)23-10-13-5-3-9-22-16(13)25-11-17(19,20)21/h1-6,9H,7-8,10-11H2,(H,23,24). The van der Waals surface area contributed by atoms with Crippen LogP contribution in [0.3, 0.4) is 0 Å². The van der Waals surface area contributed by atoms with Gasteiger partial charge in [-0.2, -0.15) is 13.2 Å². The second-order valence-electron chi connectivity index (χ2n) is 5.24. The smallest absolute Gasteiger partial charge is 0.422 e. The molecule has 4 nitrogen and oxygen atoms in total. The predicted molar refractivity (Wildman–Crippen MR) is 82.4 cm³/mol. The molecule has 0 radical (unpaired) electrons. The van der Waals surface area contributed by atoms with Gasteiger partial charge in [0.05, 0.1) is 0 Å². The van der Waals surface area contributed by atoms with Crippen LogP contribution in [0, 0.1) is 5.82 Å². The van der Waals surface area contributed by atoms with Gasteiger partial charge in [-0.25, -0.2) is 9.37 Å². The molecule has 2 rings (SSSR count). The Bertz CT molecular complexity index is 720. The number of rotatable bonds is 7. The molecule has 1 N–H and O–H groups in total. The molecule has 0 aliphatic rings. The van der Waals surface area contributed by atoms with Crippen molar-refractivity contribution in [2.75, 3.05) is 6.61 Å². The highest BCUT2D eigenvalue weighted by molar-refractivity contribution is 5.76. The number of benzene rings is 1. The summed E-state index contributed by atoms with van der Waals surface area (Å²) < 4.78 is 54.8. The van der Waals surface area contributed by atoms with Gasteiger partial charge >= 0.3 is 6.18 Å². The summed E-state index contributed by atoms with van der Waals surface area (Å²) in [4.78, 5) is 15.6. The van der Waals surface area contributed by atoms with E-state index in [4.69, 9.17) is 0 Å². The number of aromatic nitrogens is 1. The van der Waals surface area contributed by atoms with E-state index in [9.17, 15) is 22.4 Å². The largest absolute Gasteiger partial charge is 0.468 e. The van der Waals surface area contributed by atoms with Crippen LogP contribution < -0.4 is 10.1 Å². The summed E-state index contributed by atoms with van der Waals surface area (Å²) in [7, 11) is 0. The summed E-state index contributed by atoms with van der Waals surface area (Å²) in [5.74, 6) is -0.923. The van der Waals surface area contributed by atoms with E-state index >= 15 is 0 Å². The molecule has 0 spiro atoms. The predicted octanol–water partition coefficient (Wildman–Crippen LogP) is 3.41. The van der Waals surface area contributed by atoms with E-state index in [2.05, 4.69) is 15.0 Å². The van der Waals surface area contributed by atoms with Crippen LogP contribution in [0.1, 0.15) is 17.5 Å². The molecule has 0 aliphatic carbocycles. The fraction of sp³-hybridized carbons (Fsp3) is 0.294. The first kappa shape index (κ1) is 18.7. The number of ether oxygens (including phenoxy) is 1. The fourth-order valence-electron chi connectivity index (χ4n) is 2.07. The Morgan fingerprint density at radius 2 is 1.84 bits per heavy atom. The Morgan fingerprint density at radius 1 is 1.12 bits per heavy atom. The van der Waals surface area contributed by atoms with E-state index in [1.807, 2.05) is 0 Å². The van der Waals surface area contributed by atoms with E-state index in [1.165, 1.54) is 24.4 Å². The van der Waals surface area contributed by atoms with Crippen molar-refractivity contribution < 1.29 is 27.1 Å². The van der Waals surface area contributed by atoms with Gasteiger partial charge in [-0.05, 0) is 24.1 Å². The summed E-state index contributed by atoms with van der Waals surface area (Å²) in [6, 6.07) is 9.18. The summed E-state index contributed by atoms with van der Waals surface area (Å²) >= 11 is 0. The third-order valence-electron chi connectivity index (χ3n) is 3.28. The van der Waals surface area contributed by atoms with Gasteiger partial charge < -0.3 is 10.1 Å². The van der Waals surface area contributed by atoms with Crippen molar-refractivity contribution in [3.05, 3.63) is 59.5 Å². The maximum absolute atomic E-state index is 13.5. The van der Waals surface area contributed by atoms with E-state index < -0.39 is 12.8 Å². The van der Waals surface area contributed by atoms with E-state index in [-0.39, 0.29) is 37.0 Å². The normalized spacial score (nSPS) is 11.2. The summed E-state index contributed by atoms with van der Waals surface area (Å²) in [6.45, 7) is -1.49.